The third-order valence-corrected chi connectivity index (χ3v) is 4.04. The van der Waals surface area contributed by atoms with Crippen LogP contribution in [-0.2, 0) is 0 Å². The van der Waals surface area contributed by atoms with Gasteiger partial charge in [0.25, 0.3) is 0 Å². The van der Waals surface area contributed by atoms with Crippen LogP contribution in [0.3, 0.4) is 0 Å². The number of fused-ring (bicyclic) bond motifs is 1. The van der Waals surface area contributed by atoms with E-state index >= 15 is 0 Å². The quantitative estimate of drug-likeness (QED) is 0.551. The summed E-state index contributed by atoms with van der Waals surface area (Å²) in [5.41, 5.74) is 3.66. The fraction of sp³-hybridized carbons (Fsp3) is 0.474. The zero-order valence-electron chi connectivity index (χ0n) is 12.7. The largest absolute Gasteiger partial charge is 0.388 e. The fourth-order valence-electron chi connectivity index (χ4n) is 2.84. The highest BCUT2D eigenvalue weighted by Crippen LogP contribution is 2.34. The Hall–Kier alpha value is -1.34. The second-order valence-corrected chi connectivity index (χ2v) is 6.02. The summed E-state index contributed by atoms with van der Waals surface area (Å²) in [5, 5.41) is 10.4. The van der Waals surface area contributed by atoms with Crippen molar-refractivity contribution in [1.29, 1.82) is 0 Å². The maximum absolute atomic E-state index is 10.4. The van der Waals surface area contributed by atoms with E-state index in [2.05, 4.69) is 38.1 Å². The molecule has 0 saturated carbocycles. The second kappa shape index (κ2) is 7.44. The summed E-state index contributed by atoms with van der Waals surface area (Å²) in [6.07, 6.45) is 12.3. The number of rotatable bonds is 6. The van der Waals surface area contributed by atoms with E-state index in [1.54, 1.807) is 0 Å². The van der Waals surface area contributed by atoms with E-state index in [-0.39, 0.29) is 12.0 Å². The van der Waals surface area contributed by atoms with Crippen molar-refractivity contribution in [3.8, 4) is 0 Å². The topological polar surface area (TPSA) is 20.2 Å². The van der Waals surface area contributed by atoms with E-state index in [0.717, 1.165) is 12.0 Å². The van der Waals surface area contributed by atoms with Gasteiger partial charge < -0.3 is 5.11 Å². The van der Waals surface area contributed by atoms with Gasteiger partial charge in [0.1, 0.15) is 0 Å². The third kappa shape index (κ3) is 4.08. The van der Waals surface area contributed by atoms with Crippen LogP contribution < -0.4 is 0 Å². The molecule has 1 N–H and O–H groups in total. The van der Waals surface area contributed by atoms with Crippen LogP contribution in [0, 0.1) is 5.92 Å². The lowest BCUT2D eigenvalue weighted by Crippen LogP contribution is -2.14. The van der Waals surface area contributed by atoms with Gasteiger partial charge in [0, 0.05) is 5.92 Å². The van der Waals surface area contributed by atoms with Crippen molar-refractivity contribution in [2.75, 3.05) is 0 Å². The molecule has 0 bridgehead atoms. The van der Waals surface area contributed by atoms with Crippen LogP contribution in [0.4, 0.5) is 0 Å². The zero-order chi connectivity index (χ0) is 14.4. The van der Waals surface area contributed by atoms with E-state index in [4.69, 9.17) is 0 Å². The summed E-state index contributed by atoms with van der Waals surface area (Å²) < 4.78 is 0. The molecule has 0 radical (unpaired) electrons. The minimum absolute atomic E-state index is 0.286. The first-order valence-corrected chi connectivity index (χ1v) is 7.77. The van der Waals surface area contributed by atoms with Gasteiger partial charge in [0.2, 0.25) is 0 Å². The number of allylic oxidation sites excluding steroid dienone is 2. The van der Waals surface area contributed by atoms with Crippen LogP contribution in [0.25, 0.3) is 6.08 Å². The van der Waals surface area contributed by atoms with Crippen molar-refractivity contribution < 1.29 is 5.11 Å². The van der Waals surface area contributed by atoms with Gasteiger partial charge in [-0.25, -0.2) is 0 Å². The van der Waals surface area contributed by atoms with Crippen LogP contribution in [0.1, 0.15) is 63.2 Å². The van der Waals surface area contributed by atoms with Crippen molar-refractivity contribution in [3.05, 3.63) is 53.1 Å². The molecule has 1 aromatic carbocycles. The molecular weight excluding hydrogens is 244 g/mol. The molecule has 1 aliphatic rings. The minimum Gasteiger partial charge on any atom is -0.388 e. The van der Waals surface area contributed by atoms with Crippen molar-refractivity contribution in [3.63, 3.8) is 0 Å². The van der Waals surface area contributed by atoms with Gasteiger partial charge in [-0.15, -0.1) is 0 Å². The summed E-state index contributed by atoms with van der Waals surface area (Å²) in [4.78, 5) is 0. The van der Waals surface area contributed by atoms with Gasteiger partial charge >= 0.3 is 0 Å². The third-order valence-electron chi connectivity index (χ3n) is 4.04. The average molecular weight is 270 g/mol. The Labute approximate surface area is 123 Å². The number of aliphatic hydroxyl groups is 1. The van der Waals surface area contributed by atoms with Crippen LogP contribution in [0.5, 0.6) is 0 Å². The molecule has 0 saturated heterocycles. The molecule has 1 aliphatic carbocycles. The standard InChI is InChI=1S/C19H26O/c1-15(2)9-5-3-4-6-11-17-14-13-16-10-7-8-12-18(16)19(17)20/h7-10,12-14,17,19-20H,3-6,11H2,1-2H3/t17-,19-/m0/s1. The summed E-state index contributed by atoms with van der Waals surface area (Å²) in [6.45, 7) is 4.31. The molecular formula is C19H26O. The number of hydrogen-bond acceptors (Lipinski definition) is 1. The van der Waals surface area contributed by atoms with E-state index < -0.39 is 0 Å². The molecule has 0 aliphatic heterocycles. The highest BCUT2D eigenvalue weighted by molar-refractivity contribution is 5.57. The Kier molecular flexibility index (Phi) is 5.60. The van der Waals surface area contributed by atoms with Crippen LogP contribution >= 0.6 is 0 Å². The average Bonchev–Trinajstić information content (AvgIpc) is 2.45. The van der Waals surface area contributed by atoms with Crippen molar-refractivity contribution in [2.24, 2.45) is 5.92 Å². The first-order valence-electron chi connectivity index (χ1n) is 7.77. The Morgan fingerprint density at radius 2 is 1.95 bits per heavy atom. The smallest absolute Gasteiger partial charge is 0.0858 e. The Morgan fingerprint density at radius 3 is 2.75 bits per heavy atom. The lowest BCUT2D eigenvalue weighted by atomic mass is 9.84. The molecule has 0 fully saturated rings. The van der Waals surface area contributed by atoms with Gasteiger partial charge in [0.05, 0.1) is 6.10 Å². The van der Waals surface area contributed by atoms with E-state index in [0.29, 0.717) is 0 Å². The van der Waals surface area contributed by atoms with Crippen molar-refractivity contribution in [2.45, 2.75) is 52.1 Å². The number of hydrogen-bond donors (Lipinski definition) is 1. The Bertz CT molecular complexity index is 480. The van der Waals surface area contributed by atoms with Crippen LogP contribution in [-0.4, -0.2) is 5.11 Å². The van der Waals surface area contributed by atoms with Gasteiger partial charge in [0.15, 0.2) is 0 Å². The molecule has 0 spiro atoms. The molecule has 0 heterocycles. The molecule has 1 nitrogen and oxygen atoms in total. The second-order valence-electron chi connectivity index (χ2n) is 6.02. The molecule has 2 atom stereocenters. The lowest BCUT2D eigenvalue weighted by molar-refractivity contribution is 0.123. The molecule has 108 valence electrons. The SMILES string of the molecule is CC(C)=CCCCCC[C@H]1C=Cc2ccccc2[C@H]1O. The van der Waals surface area contributed by atoms with Gasteiger partial charge in [-0.05, 0) is 44.2 Å². The normalized spacial score (nSPS) is 20.6. The Morgan fingerprint density at radius 1 is 1.15 bits per heavy atom. The van der Waals surface area contributed by atoms with E-state index in [9.17, 15) is 5.11 Å². The molecule has 0 aromatic heterocycles. The summed E-state index contributed by atoms with van der Waals surface area (Å²) in [7, 11) is 0. The Balaban J connectivity index is 1.77. The maximum atomic E-state index is 10.4. The van der Waals surface area contributed by atoms with Gasteiger partial charge in [-0.3, -0.25) is 0 Å². The molecule has 0 unspecified atom stereocenters. The zero-order valence-corrected chi connectivity index (χ0v) is 12.7. The monoisotopic (exact) mass is 270 g/mol. The minimum atomic E-state index is -0.325. The summed E-state index contributed by atoms with van der Waals surface area (Å²) >= 11 is 0. The number of benzene rings is 1. The first-order chi connectivity index (χ1) is 9.68. The number of unbranched alkanes of at least 4 members (excludes halogenated alkanes) is 3. The highest BCUT2D eigenvalue weighted by Gasteiger charge is 2.23. The molecule has 20 heavy (non-hydrogen) atoms. The molecule has 0 amide bonds. The van der Waals surface area contributed by atoms with Gasteiger partial charge in [-0.2, -0.15) is 0 Å². The molecule has 1 aromatic rings. The maximum Gasteiger partial charge on any atom is 0.0858 e. The first kappa shape index (κ1) is 15.1. The van der Waals surface area contributed by atoms with Crippen molar-refractivity contribution in [1.82, 2.24) is 0 Å². The van der Waals surface area contributed by atoms with Gasteiger partial charge in [-0.1, -0.05) is 60.9 Å². The predicted octanol–water partition coefficient (Wildman–Crippen LogP) is 5.28. The number of aliphatic hydroxyl groups excluding tert-OH is 1. The van der Waals surface area contributed by atoms with Crippen LogP contribution in [0.15, 0.2) is 42.0 Å². The van der Waals surface area contributed by atoms with Crippen molar-refractivity contribution >= 4 is 6.08 Å². The summed E-state index contributed by atoms with van der Waals surface area (Å²) in [6, 6.07) is 8.16. The lowest BCUT2D eigenvalue weighted by Gasteiger charge is -2.25. The fourth-order valence-corrected chi connectivity index (χ4v) is 2.84. The van der Waals surface area contributed by atoms with E-state index in [1.165, 1.54) is 36.8 Å². The van der Waals surface area contributed by atoms with Crippen LogP contribution in [0.2, 0.25) is 0 Å². The molecule has 1 heteroatoms. The predicted molar refractivity (Wildman–Crippen MR) is 86.4 cm³/mol. The van der Waals surface area contributed by atoms with E-state index in [1.807, 2.05) is 18.2 Å². The highest BCUT2D eigenvalue weighted by atomic mass is 16.3. The molecule has 2 rings (SSSR count). The summed E-state index contributed by atoms with van der Waals surface area (Å²) in [5.74, 6) is 0.286.